The van der Waals surface area contributed by atoms with Gasteiger partial charge in [-0.25, -0.2) is 9.59 Å². The molecule has 12 heteroatoms. The number of alkyl halides is 6. The summed E-state index contributed by atoms with van der Waals surface area (Å²) in [5, 5.41) is 18.8. The molecule has 33 heavy (non-hydrogen) atoms. The molecule has 0 saturated heterocycles. The zero-order valence-corrected chi connectivity index (χ0v) is 17.2. The van der Waals surface area contributed by atoms with Gasteiger partial charge in [-0.2, -0.15) is 26.3 Å². The van der Waals surface area contributed by atoms with Crippen molar-refractivity contribution in [3.05, 3.63) is 69.8 Å². The van der Waals surface area contributed by atoms with Gasteiger partial charge in [-0.05, 0) is 34.4 Å². The molecule has 0 aliphatic rings. The number of hydrogen-bond donors (Lipinski definition) is 2. The summed E-state index contributed by atoms with van der Waals surface area (Å²) in [6.45, 7) is -1.90. The minimum Gasteiger partial charge on any atom is -0.465 e. The molecular weight excluding hydrogens is 462 g/mol. The Balaban J connectivity index is 3.00. The number of hydrogen-bond acceptors (Lipinski definition) is 6. The molecule has 2 N–H and O–H groups in total. The second-order valence-corrected chi connectivity index (χ2v) is 6.79. The highest BCUT2D eigenvalue weighted by Gasteiger charge is 2.72. The van der Waals surface area contributed by atoms with Crippen LogP contribution in [0.1, 0.15) is 43.0 Å². The predicted octanol–water partition coefficient (Wildman–Crippen LogP) is 3.66. The number of esters is 2. The van der Waals surface area contributed by atoms with Gasteiger partial charge in [0.15, 0.2) is 0 Å². The smallest absolute Gasteiger partial charge is 0.411 e. The third kappa shape index (κ3) is 4.40. The molecule has 2 aromatic rings. The SMILES string of the molecule is COC(=O)c1ccc(C(c2ccc(CO)c(C(=O)OC)c2)(C(F)(F)F)C(F)(F)F)cc1CO. The van der Waals surface area contributed by atoms with E-state index in [-0.39, 0.29) is 5.56 Å². The topological polar surface area (TPSA) is 93.1 Å². The Bertz CT molecular complexity index is 1030. The van der Waals surface area contributed by atoms with E-state index in [0.29, 0.717) is 30.3 Å². The molecule has 0 atom stereocenters. The van der Waals surface area contributed by atoms with Crippen LogP contribution in [0.4, 0.5) is 26.3 Å². The number of methoxy groups -OCH3 is 2. The van der Waals surface area contributed by atoms with Gasteiger partial charge in [0.2, 0.25) is 5.41 Å². The minimum atomic E-state index is -5.99. The van der Waals surface area contributed by atoms with Crippen molar-refractivity contribution >= 4 is 11.9 Å². The molecule has 0 heterocycles. The van der Waals surface area contributed by atoms with Crippen molar-refractivity contribution in [2.24, 2.45) is 0 Å². The molecule has 0 amide bonds. The van der Waals surface area contributed by atoms with Crippen LogP contribution in [0.25, 0.3) is 0 Å². The van der Waals surface area contributed by atoms with Crippen LogP contribution in [-0.4, -0.2) is 48.7 Å². The summed E-state index contributed by atoms with van der Waals surface area (Å²) in [7, 11) is 1.82. The zero-order valence-electron chi connectivity index (χ0n) is 17.2. The fourth-order valence-corrected chi connectivity index (χ4v) is 3.50. The largest absolute Gasteiger partial charge is 0.465 e. The van der Waals surface area contributed by atoms with E-state index >= 15 is 0 Å². The summed E-state index contributed by atoms with van der Waals surface area (Å²) in [6, 6.07) is 3.14. The van der Waals surface area contributed by atoms with Gasteiger partial charge in [0.25, 0.3) is 0 Å². The van der Waals surface area contributed by atoms with Gasteiger partial charge >= 0.3 is 24.3 Å². The number of carbonyl (C=O) groups is 2. The van der Waals surface area contributed by atoms with E-state index in [1.54, 1.807) is 0 Å². The van der Waals surface area contributed by atoms with Crippen molar-refractivity contribution in [2.75, 3.05) is 14.2 Å². The van der Waals surface area contributed by atoms with E-state index in [4.69, 9.17) is 0 Å². The number of aliphatic hydroxyl groups excluding tert-OH is 2. The summed E-state index contributed by atoms with van der Waals surface area (Å²) in [5.74, 6) is -2.33. The molecule has 0 radical (unpaired) electrons. The van der Waals surface area contributed by atoms with Crippen LogP contribution in [0, 0.1) is 0 Å². The van der Waals surface area contributed by atoms with Crippen LogP contribution in [-0.2, 0) is 28.1 Å². The number of aliphatic hydroxyl groups is 2. The van der Waals surface area contributed by atoms with E-state index < -0.39 is 70.7 Å². The molecule has 0 aliphatic heterocycles. The van der Waals surface area contributed by atoms with Crippen molar-refractivity contribution in [3.8, 4) is 0 Å². The number of benzene rings is 2. The normalized spacial score (nSPS) is 12.4. The molecule has 0 bridgehead atoms. The quantitative estimate of drug-likeness (QED) is 0.485. The zero-order chi connectivity index (χ0) is 25.2. The third-order valence-corrected chi connectivity index (χ3v) is 5.08. The molecular formula is C21H18F6O6. The Morgan fingerprint density at radius 1 is 0.727 bits per heavy atom. The first-order valence-corrected chi connectivity index (χ1v) is 9.08. The lowest BCUT2D eigenvalue weighted by Gasteiger charge is -2.39. The van der Waals surface area contributed by atoms with Crippen molar-refractivity contribution in [3.63, 3.8) is 0 Å². The van der Waals surface area contributed by atoms with Crippen LogP contribution < -0.4 is 0 Å². The number of ether oxygens (including phenoxy) is 2. The van der Waals surface area contributed by atoms with Crippen LogP contribution in [0.3, 0.4) is 0 Å². The van der Waals surface area contributed by atoms with Crippen molar-refractivity contribution in [1.82, 2.24) is 0 Å². The first-order chi connectivity index (χ1) is 15.3. The van der Waals surface area contributed by atoms with E-state index in [9.17, 15) is 46.1 Å². The van der Waals surface area contributed by atoms with Crippen molar-refractivity contribution < 1.29 is 55.6 Å². The minimum absolute atomic E-state index is 0.249. The monoisotopic (exact) mass is 480 g/mol. The van der Waals surface area contributed by atoms with Crippen LogP contribution >= 0.6 is 0 Å². The summed E-state index contributed by atoms with van der Waals surface area (Å²) in [4.78, 5) is 23.8. The number of rotatable bonds is 6. The second-order valence-electron chi connectivity index (χ2n) is 6.79. The molecule has 6 nitrogen and oxygen atoms in total. The maximum atomic E-state index is 14.4. The van der Waals surface area contributed by atoms with Crippen LogP contribution in [0.15, 0.2) is 36.4 Å². The highest BCUT2D eigenvalue weighted by Crippen LogP contribution is 2.56. The van der Waals surface area contributed by atoms with Crippen molar-refractivity contribution in [2.45, 2.75) is 31.0 Å². The summed E-state index contributed by atoms with van der Waals surface area (Å²) in [5.41, 5.74) is -9.29. The maximum absolute atomic E-state index is 14.4. The highest BCUT2D eigenvalue weighted by molar-refractivity contribution is 5.92. The van der Waals surface area contributed by atoms with E-state index in [0.717, 1.165) is 20.3 Å². The molecule has 0 aliphatic carbocycles. The molecule has 0 aromatic heterocycles. The van der Waals surface area contributed by atoms with Crippen molar-refractivity contribution in [1.29, 1.82) is 0 Å². The molecule has 0 spiro atoms. The van der Waals surface area contributed by atoms with Crippen LogP contribution in [0.5, 0.6) is 0 Å². The molecule has 0 saturated carbocycles. The lowest BCUT2D eigenvalue weighted by atomic mass is 9.71. The van der Waals surface area contributed by atoms with Gasteiger partial charge in [0.05, 0.1) is 38.6 Å². The lowest BCUT2D eigenvalue weighted by molar-refractivity contribution is -0.288. The number of carbonyl (C=O) groups excluding carboxylic acids is 2. The third-order valence-electron chi connectivity index (χ3n) is 5.08. The highest BCUT2D eigenvalue weighted by atomic mass is 19.4. The van der Waals surface area contributed by atoms with Gasteiger partial charge < -0.3 is 19.7 Å². The Morgan fingerprint density at radius 3 is 1.64 bits per heavy atom. The second kappa shape index (κ2) is 9.40. The van der Waals surface area contributed by atoms with Gasteiger partial charge in [-0.1, -0.05) is 24.3 Å². The Hall–Kier alpha value is -3.12. The molecule has 2 aromatic carbocycles. The van der Waals surface area contributed by atoms with Crippen LogP contribution in [0.2, 0.25) is 0 Å². The Labute approximate surface area is 183 Å². The average molecular weight is 480 g/mol. The maximum Gasteiger partial charge on any atom is 0.411 e. The van der Waals surface area contributed by atoms with Gasteiger partial charge in [-0.3, -0.25) is 0 Å². The standard InChI is InChI=1S/C21H18F6O6/c1-32-17(30)15-6-5-13(7-12(15)10-29)19(20(22,23)24,21(25,26)27)14-4-3-11(9-28)16(8-14)18(31)33-2/h3-8,28-29H,9-10H2,1-2H3. The average Bonchev–Trinajstić information content (AvgIpc) is 2.76. The fourth-order valence-electron chi connectivity index (χ4n) is 3.50. The molecule has 2 rings (SSSR count). The fraction of sp³-hybridized carbons (Fsp3) is 0.333. The predicted molar refractivity (Wildman–Crippen MR) is 100 cm³/mol. The molecule has 0 unspecified atom stereocenters. The first kappa shape index (κ1) is 26.1. The van der Waals surface area contributed by atoms with E-state index in [2.05, 4.69) is 9.47 Å². The Morgan fingerprint density at radius 2 is 1.18 bits per heavy atom. The van der Waals surface area contributed by atoms with Gasteiger partial charge in [-0.15, -0.1) is 0 Å². The Kier molecular flexibility index (Phi) is 7.44. The van der Waals surface area contributed by atoms with E-state index in [1.807, 2.05) is 0 Å². The molecule has 180 valence electrons. The number of halogens is 6. The summed E-state index contributed by atoms with van der Waals surface area (Å²) < 4.78 is 95.0. The summed E-state index contributed by atoms with van der Waals surface area (Å²) >= 11 is 0. The lowest BCUT2D eigenvalue weighted by Crippen LogP contribution is -2.55. The summed E-state index contributed by atoms with van der Waals surface area (Å²) in [6.07, 6.45) is -12.0. The van der Waals surface area contributed by atoms with Gasteiger partial charge in [0, 0.05) is 0 Å². The van der Waals surface area contributed by atoms with E-state index in [1.165, 1.54) is 0 Å². The first-order valence-electron chi connectivity index (χ1n) is 9.08. The van der Waals surface area contributed by atoms with Gasteiger partial charge in [0.1, 0.15) is 0 Å². The molecule has 0 fully saturated rings.